The number of fused-ring (bicyclic) bond motifs is 10. The van der Waals surface area contributed by atoms with Gasteiger partial charge in [0.15, 0.2) is 0 Å². The summed E-state index contributed by atoms with van der Waals surface area (Å²) in [6.07, 6.45) is 7.32. The van der Waals surface area contributed by atoms with Crippen LogP contribution in [0.1, 0.15) is 97.4 Å². The maximum absolute atomic E-state index is 12.4. The van der Waals surface area contributed by atoms with Crippen molar-refractivity contribution >= 4 is 65.9 Å². The Bertz CT molecular complexity index is 3470. The van der Waals surface area contributed by atoms with E-state index < -0.39 is 0 Å². The molecular weight excluding hydrogens is 1100 g/mol. The number of nitrogens with one attached hydrogen (secondary N) is 2. The summed E-state index contributed by atoms with van der Waals surface area (Å²) in [5.41, 5.74) is 20.5. The maximum atomic E-state index is 12.4. The molecule has 2 aliphatic rings. The van der Waals surface area contributed by atoms with Crippen molar-refractivity contribution in [1.29, 1.82) is 0 Å². The average Bonchev–Trinajstić information content (AvgIpc) is 4.05. The lowest BCUT2D eigenvalue weighted by atomic mass is 9.91. The van der Waals surface area contributed by atoms with Gasteiger partial charge in [0.1, 0.15) is 11.5 Å². The Morgan fingerprint density at radius 3 is 1.05 bits per heavy atom. The molecule has 4 N–H and O–H groups in total. The van der Waals surface area contributed by atoms with Crippen LogP contribution in [-0.4, -0.2) is 159 Å². The van der Waals surface area contributed by atoms with E-state index in [-0.39, 0.29) is 61.1 Å². The van der Waals surface area contributed by atoms with Gasteiger partial charge in [-0.25, -0.2) is 9.97 Å². The van der Waals surface area contributed by atoms with Crippen LogP contribution >= 0.6 is 0 Å². The number of phenolic OH excluding ortho intramolecular Hbond substituents is 2. The molecule has 7 aromatic rings. The number of aromatic amines is 2. The van der Waals surface area contributed by atoms with Crippen LogP contribution in [0, 0.1) is 13.8 Å². The van der Waals surface area contributed by atoms with Crippen LogP contribution in [0.3, 0.4) is 0 Å². The minimum atomic E-state index is 0. The summed E-state index contributed by atoms with van der Waals surface area (Å²) in [6.45, 7) is 13.1. The van der Waals surface area contributed by atoms with Crippen LogP contribution in [0.5, 0.6) is 11.5 Å². The molecule has 0 fully saturated rings. The number of quaternary nitrogens is 4. The Kier molecular flexibility index (Phi) is 21.6. The fourth-order valence-electron chi connectivity index (χ4n) is 12.2. The third-order valence-electron chi connectivity index (χ3n) is 16.4. The van der Waals surface area contributed by atoms with E-state index >= 15 is 0 Å². The van der Waals surface area contributed by atoms with Gasteiger partial charge in [-0.3, -0.25) is 0 Å². The van der Waals surface area contributed by atoms with Gasteiger partial charge in [-0.1, -0.05) is 60.7 Å². The number of aromatic nitrogens is 4. The van der Waals surface area contributed by atoms with E-state index in [2.05, 4.69) is 183 Å². The Morgan fingerprint density at radius 1 is 0.402 bits per heavy atom. The van der Waals surface area contributed by atoms with E-state index in [1.807, 2.05) is 24.3 Å². The number of halogens is 4. The van der Waals surface area contributed by atoms with Crippen LogP contribution in [0.25, 0.3) is 88.2 Å². The highest BCUT2D eigenvalue weighted by molar-refractivity contribution is 6.11. The molecule has 82 heavy (non-hydrogen) atoms. The third-order valence-corrected chi connectivity index (χ3v) is 16.4. The molecule has 4 aromatic carbocycles. The zero-order chi connectivity index (χ0) is 56.2. The second-order valence-electron chi connectivity index (χ2n) is 26.8. The predicted molar refractivity (Wildman–Crippen MR) is 331 cm³/mol. The number of benzene rings is 4. The van der Waals surface area contributed by atoms with Gasteiger partial charge in [0, 0.05) is 59.0 Å². The van der Waals surface area contributed by atoms with Crippen LogP contribution in [-0.2, 0) is 12.8 Å². The molecule has 8 bridgehead atoms. The quantitative estimate of drug-likeness (QED) is 0.0992. The number of aryl methyl sites for hydroxylation is 4. The highest BCUT2D eigenvalue weighted by atomic mass is 35.5. The average molecular weight is 1190 g/mol. The molecule has 2 aliphatic heterocycles. The monoisotopic (exact) mass is 1190 g/mol. The molecule has 0 spiro atoms. The van der Waals surface area contributed by atoms with Crippen LogP contribution in [0.4, 0.5) is 0 Å². The molecule has 442 valence electrons. The first-order valence-corrected chi connectivity index (χ1v) is 28.5. The summed E-state index contributed by atoms with van der Waals surface area (Å²) >= 11 is 0. The highest BCUT2D eigenvalue weighted by Gasteiger charge is 2.30. The maximum Gasteiger partial charge on any atom is 0.124 e. The lowest BCUT2D eigenvalue weighted by Gasteiger charge is -2.23. The van der Waals surface area contributed by atoms with Gasteiger partial charge in [0.05, 0.1) is 145 Å². The lowest BCUT2D eigenvalue weighted by Crippen LogP contribution is -3.00. The van der Waals surface area contributed by atoms with E-state index in [9.17, 15) is 10.2 Å². The second kappa shape index (κ2) is 26.3. The van der Waals surface area contributed by atoms with Gasteiger partial charge in [-0.05, 0) is 144 Å². The molecule has 14 heteroatoms. The Morgan fingerprint density at radius 2 is 0.720 bits per heavy atom. The van der Waals surface area contributed by atoms with Crippen molar-refractivity contribution < 1.29 is 77.8 Å². The third kappa shape index (κ3) is 14.6. The van der Waals surface area contributed by atoms with Crippen molar-refractivity contribution in [3.8, 4) is 33.8 Å². The summed E-state index contributed by atoms with van der Waals surface area (Å²) in [6, 6.07) is 29.3. The Labute approximate surface area is 514 Å². The topological polar surface area (TPSA) is 97.8 Å². The first-order chi connectivity index (χ1) is 36.7. The number of rotatable bonds is 18. The number of allylic oxidation sites excluding steroid dienone is 4. The Balaban J connectivity index is 0.00000308. The SMILES string of the molecule is CC1=C(CCC[N+](C)(C)C)c2cc3[nH]c(c(C)c3CCC[N+](C)(C)C)c(-c3c(O)ccc4ccccc34)c3nc(cc4[nH]c(c(C)c4CCC[N+](C)(C)C)c(-c4c(O)ccc5ccccc45)c1n2)C(CCC[N+](C)(C)C)=C3C.[Cl-].[Cl-].[Cl-].[Cl-]. The molecule has 10 nitrogen and oxygen atoms in total. The molecule has 0 saturated carbocycles. The van der Waals surface area contributed by atoms with Crippen LogP contribution in [0.15, 0.2) is 84.9 Å². The van der Waals surface area contributed by atoms with E-state index in [4.69, 9.17) is 9.97 Å². The van der Waals surface area contributed by atoms with Crippen molar-refractivity contribution in [3.63, 3.8) is 0 Å². The highest BCUT2D eigenvalue weighted by Crippen LogP contribution is 2.49. The predicted octanol–water partition coefficient (Wildman–Crippen LogP) is 2.11. The fraction of sp³-hybridized carbons (Fsp3) is 0.412. The summed E-state index contributed by atoms with van der Waals surface area (Å²) in [7, 11) is 27.2. The largest absolute Gasteiger partial charge is 1.00 e. The minimum absolute atomic E-state index is 0. The van der Waals surface area contributed by atoms with E-state index in [1.165, 1.54) is 22.3 Å². The molecule has 0 atom stereocenters. The van der Waals surface area contributed by atoms with Gasteiger partial charge in [0.25, 0.3) is 0 Å². The van der Waals surface area contributed by atoms with E-state index in [0.717, 1.165) is 206 Å². The summed E-state index contributed by atoms with van der Waals surface area (Å²) in [5, 5.41) is 29.0. The molecule has 5 heterocycles. The van der Waals surface area contributed by atoms with Crippen LogP contribution < -0.4 is 49.6 Å². The first kappa shape index (κ1) is 67.4. The van der Waals surface area contributed by atoms with Crippen molar-refractivity contribution in [3.05, 3.63) is 130 Å². The molecule has 0 aliphatic carbocycles. The van der Waals surface area contributed by atoms with Gasteiger partial charge in [0.2, 0.25) is 0 Å². The zero-order valence-electron chi connectivity index (χ0n) is 51.7. The summed E-state index contributed by atoms with van der Waals surface area (Å²) in [4.78, 5) is 20.0. The first-order valence-electron chi connectivity index (χ1n) is 28.5. The number of nitrogens with zero attached hydrogens (tertiary/aromatic N) is 6. The standard InChI is InChI=1S/C68H88N8O2.4ClH/c1-43-49(29-21-37-73(5,6)7)55-41-56-51(31-23-39-75(11,12)13)45(3)67(71-56)64(62-54-28-20-18-26-48(54)34-36-60(62)78)68-46(4)52(32-24-40-76(14,15)16)58(72-68)42-57-50(30-22-38-74(8,9)10)44(2)66(70-57)63(65(43)69-55)61-53-27-19-17-25-47(53)33-35-59(61)77;;;;/h17-20,25-28,33-36,41-42H,21-24,29-32,37-40H2,1-16H3,(H2-2,69,70,71,72,77,78);4*1H/q+2;;;;/p-2. The van der Waals surface area contributed by atoms with Gasteiger partial charge >= 0.3 is 0 Å². The number of aromatic hydroxyl groups is 2. The Hall–Kier alpha value is -5.40. The van der Waals surface area contributed by atoms with Crippen molar-refractivity contribution in [2.24, 2.45) is 0 Å². The van der Waals surface area contributed by atoms with E-state index in [1.54, 1.807) is 0 Å². The van der Waals surface area contributed by atoms with E-state index in [0.29, 0.717) is 0 Å². The minimum Gasteiger partial charge on any atom is -1.00 e. The molecule has 9 rings (SSSR count). The number of hydrogen-bond acceptors (Lipinski definition) is 4. The van der Waals surface area contributed by atoms with Crippen LogP contribution in [0.2, 0.25) is 0 Å². The molecular formula is C68H90Cl4N8O2. The number of phenols is 2. The zero-order valence-corrected chi connectivity index (χ0v) is 54.7. The number of hydrogen-bond donors (Lipinski definition) is 4. The van der Waals surface area contributed by atoms with Gasteiger partial charge in [-0.2, -0.15) is 0 Å². The van der Waals surface area contributed by atoms with Gasteiger partial charge < -0.3 is 87.7 Å². The van der Waals surface area contributed by atoms with Crippen molar-refractivity contribution in [2.45, 2.75) is 79.1 Å². The summed E-state index contributed by atoms with van der Waals surface area (Å²) < 4.78 is 3.46. The molecule has 3 aromatic heterocycles. The molecule has 0 amide bonds. The second-order valence-corrected chi connectivity index (χ2v) is 26.8. The normalized spacial score (nSPS) is 13.1. The fourth-order valence-corrected chi connectivity index (χ4v) is 12.2. The lowest BCUT2D eigenvalue weighted by molar-refractivity contribution is -0.870. The molecule has 0 radical (unpaired) electrons. The molecule has 0 unspecified atom stereocenters. The summed E-state index contributed by atoms with van der Waals surface area (Å²) in [5.74, 6) is 0.454. The number of H-pyrrole nitrogens is 2. The van der Waals surface area contributed by atoms with Gasteiger partial charge in [-0.15, -0.1) is 0 Å². The van der Waals surface area contributed by atoms with Crippen molar-refractivity contribution in [1.82, 2.24) is 19.9 Å². The molecule has 0 saturated heterocycles. The van der Waals surface area contributed by atoms with Crippen molar-refractivity contribution in [2.75, 3.05) is 111 Å². The smallest absolute Gasteiger partial charge is 0.124 e.